The number of aryl methyl sites for hydroxylation is 1. The molecule has 3 rings (SSSR count). The zero-order valence-corrected chi connectivity index (χ0v) is 13.5. The number of hydrogen-bond donors (Lipinski definition) is 1. The van der Waals surface area contributed by atoms with E-state index in [1.165, 1.54) is 18.2 Å². The quantitative estimate of drug-likeness (QED) is 0.719. The number of pyridine rings is 1. The van der Waals surface area contributed by atoms with Crippen molar-refractivity contribution in [1.82, 2.24) is 30.5 Å². The lowest BCUT2D eigenvalue weighted by Crippen LogP contribution is -2.21. The van der Waals surface area contributed by atoms with Gasteiger partial charge in [0.1, 0.15) is 5.82 Å². The minimum atomic E-state index is -0.316. The van der Waals surface area contributed by atoms with E-state index in [2.05, 4.69) is 32.4 Å². The van der Waals surface area contributed by atoms with Crippen molar-refractivity contribution in [3.05, 3.63) is 66.4 Å². The molecule has 0 radical (unpaired) electrons. The number of nitrogens with one attached hydrogen (secondary N) is 1. The van der Waals surface area contributed by atoms with Crippen molar-refractivity contribution in [2.75, 3.05) is 0 Å². The number of carbonyl (C=O) groups is 1. The Morgan fingerprint density at radius 2 is 2.12 bits per heavy atom. The predicted octanol–water partition coefficient (Wildman–Crippen LogP) is 1.97. The van der Waals surface area contributed by atoms with Crippen LogP contribution >= 0.6 is 0 Å². The Morgan fingerprint density at radius 1 is 1.36 bits per heavy atom. The average Bonchev–Trinajstić information content (AvgIpc) is 3.06. The molecule has 8 heteroatoms. The monoisotopic (exact) mass is 338 g/mol. The molecular weight excluding hydrogens is 323 g/mol. The van der Waals surface area contributed by atoms with Crippen LogP contribution in [0.1, 0.15) is 11.4 Å². The predicted molar refractivity (Wildman–Crippen MR) is 89.1 cm³/mol. The standard InChI is InChI=1S/C17H15FN6O/c1-3-17(25)20-10-13-9-19-15(12-4-6-14(18)7-5-12)8-16(13)24-11(2)21-22-23-24/h3-9H,1,10H2,2H3,(H,20,25). The molecule has 1 amide bonds. The van der Waals surface area contributed by atoms with E-state index in [-0.39, 0.29) is 18.3 Å². The maximum atomic E-state index is 13.1. The number of rotatable bonds is 5. The second-order valence-corrected chi connectivity index (χ2v) is 5.26. The molecule has 0 bridgehead atoms. The fourth-order valence-electron chi connectivity index (χ4n) is 2.29. The summed E-state index contributed by atoms with van der Waals surface area (Å²) < 4.78 is 14.7. The van der Waals surface area contributed by atoms with Crippen LogP contribution in [-0.2, 0) is 11.3 Å². The molecule has 0 atom stereocenters. The fourth-order valence-corrected chi connectivity index (χ4v) is 2.29. The van der Waals surface area contributed by atoms with Gasteiger partial charge in [-0.3, -0.25) is 9.78 Å². The van der Waals surface area contributed by atoms with E-state index >= 15 is 0 Å². The van der Waals surface area contributed by atoms with Crippen LogP contribution in [0.2, 0.25) is 0 Å². The highest BCUT2D eigenvalue weighted by molar-refractivity contribution is 5.86. The number of benzene rings is 1. The first-order valence-electron chi connectivity index (χ1n) is 7.49. The number of nitrogens with zero attached hydrogens (tertiary/aromatic N) is 5. The zero-order chi connectivity index (χ0) is 17.8. The molecule has 7 nitrogen and oxygen atoms in total. The third-order valence-corrected chi connectivity index (χ3v) is 3.59. The zero-order valence-electron chi connectivity index (χ0n) is 13.5. The molecule has 0 aliphatic carbocycles. The summed E-state index contributed by atoms with van der Waals surface area (Å²) in [5, 5.41) is 14.2. The molecule has 0 spiro atoms. The van der Waals surface area contributed by atoms with Crippen LogP contribution in [0.4, 0.5) is 4.39 Å². The average molecular weight is 338 g/mol. The molecule has 3 aromatic rings. The number of tetrazole rings is 1. The lowest BCUT2D eigenvalue weighted by atomic mass is 10.1. The first kappa shape index (κ1) is 16.4. The first-order valence-corrected chi connectivity index (χ1v) is 7.49. The Bertz CT molecular complexity index is 919. The van der Waals surface area contributed by atoms with Gasteiger partial charge in [-0.25, -0.2) is 4.39 Å². The summed E-state index contributed by atoms with van der Waals surface area (Å²) in [5.74, 6) is -0.0152. The third-order valence-electron chi connectivity index (χ3n) is 3.59. The van der Waals surface area contributed by atoms with E-state index in [0.29, 0.717) is 17.2 Å². The SMILES string of the molecule is C=CC(=O)NCc1cnc(-c2ccc(F)cc2)cc1-n1nnnc1C. The van der Waals surface area contributed by atoms with Gasteiger partial charge in [-0.1, -0.05) is 6.58 Å². The fraction of sp³-hybridized carbons (Fsp3) is 0.118. The van der Waals surface area contributed by atoms with E-state index in [1.807, 2.05) is 0 Å². The van der Waals surface area contributed by atoms with Crippen LogP contribution < -0.4 is 5.32 Å². The summed E-state index contributed by atoms with van der Waals surface area (Å²) in [7, 11) is 0. The van der Waals surface area contributed by atoms with Gasteiger partial charge in [0.25, 0.3) is 0 Å². The summed E-state index contributed by atoms with van der Waals surface area (Å²) in [6.07, 6.45) is 2.83. The Morgan fingerprint density at radius 3 is 2.76 bits per heavy atom. The highest BCUT2D eigenvalue weighted by Crippen LogP contribution is 2.23. The number of carbonyl (C=O) groups excluding carboxylic acids is 1. The highest BCUT2D eigenvalue weighted by atomic mass is 19.1. The summed E-state index contributed by atoms with van der Waals surface area (Å²) in [6, 6.07) is 7.83. The smallest absolute Gasteiger partial charge is 0.243 e. The molecule has 0 saturated carbocycles. The lowest BCUT2D eigenvalue weighted by Gasteiger charge is -2.12. The molecule has 126 valence electrons. The Balaban J connectivity index is 2.04. The minimum absolute atomic E-state index is 0.246. The summed E-state index contributed by atoms with van der Waals surface area (Å²) in [4.78, 5) is 15.8. The van der Waals surface area contributed by atoms with Crippen molar-refractivity contribution in [2.24, 2.45) is 0 Å². The molecule has 2 aromatic heterocycles. The van der Waals surface area contributed by atoms with E-state index in [4.69, 9.17) is 0 Å². The van der Waals surface area contributed by atoms with Crippen molar-refractivity contribution in [2.45, 2.75) is 13.5 Å². The van der Waals surface area contributed by atoms with E-state index < -0.39 is 0 Å². The number of halogens is 1. The van der Waals surface area contributed by atoms with Gasteiger partial charge in [-0.05, 0) is 53.8 Å². The number of hydrogen-bond acceptors (Lipinski definition) is 5. The van der Waals surface area contributed by atoms with Crippen molar-refractivity contribution in [3.8, 4) is 16.9 Å². The van der Waals surface area contributed by atoms with Gasteiger partial charge in [0.05, 0.1) is 11.4 Å². The van der Waals surface area contributed by atoms with Crippen molar-refractivity contribution < 1.29 is 9.18 Å². The molecule has 25 heavy (non-hydrogen) atoms. The topological polar surface area (TPSA) is 85.6 Å². The molecule has 1 aromatic carbocycles. The maximum absolute atomic E-state index is 13.1. The van der Waals surface area contributed by atoms with Crippen LogP contribution in [0.3, 0.4) is 0 Å². The highest BCUT2D eigenvalue weighted by Gasteiger charge is 2.13. The first-order chi connectivity index (χ1) is 12.1. The van der Waals surface area contributed by atoms with Gasteiger partial charge in [0.15, 0.2) is 5.82 Å². The minimum Gasteiger partial charge on any atom is -0.348 e. The Kier molecular flexibility index (Phi) is 4.60. The van der Waals surface area contributed by atoms with Crippen LogP contribution in [0.25, 0.3) is 16.9 Å². The van der Waals surface area contributed by atoms with Crippen LogP contribution in [0.5, 0.6) is 0 Å². The molecular formula is C17H15FN6O. The molecule has 0 unspecified atom stereocenters. The van der Waals surface area contributed by atoms with Gasteiger partial charge in [0, 0.05) is 23.9 Å². The summed E-state index contributed by atoms with van der Waals surface area (Å²) >= 11 is 0. The molecule has 0 aliphatic rings. The Labute approximate surface area is 143 Å². The molecule has 2 heterocycles. The normalized spacial score (nSPS) is 10.5. The van der Waals surface area contributed by atoms with Gasteiger partial charge in [-0.2, -0.15) is 4.68 Å². The number of aromatic nitrogens is 5. The van der Waals surface area contributed by atoms with Crippen LogP contribution in [0, 0.1) is 12.7 Å². The molecule has 0 fully saturated rings. The van der Waals surface area contributed by atoms with Crippen molar-refractivity contribution >= 4 is 5.91 Å². The largest absolute Gasteiger partial charge is 0.348 e. The van der Waals surface area contributed by atoms with E-state index in [0.717, 1.165) is 11.1 Å². The number of amides is 1. The van der Waals surface area contributed by atoms with Gasteiger partial charge >= 0.3 is 0 Å². The maximum Gasteiger partial charge on any atom is 0.243 e. The lowest BCUT2D eigenvalue weighted by molar-refractivity contribution is -0.116. The van der Waals surface area contributed by atoms with Crippen molar-refractivity contribution in [1.29, 1.82) is 0 Å². The van der Waals surface area contributed by atoms with E-state index in [9.17, 15) is 9.18 Å². The molecule has 0 saturated heterocycles. The van der Waals surface area contributed by atoms with Crippen LogP contribution in [0.15, 0.2) is 49.2 Å². The molecule has 1 N–H and O–H groups in total. The van der Waals surface area contributed by atoms with Gasteiger partial charge in [-0.15, -0.1) is 5.10 Å². The van der Waals surface area contributed by atoms with Crippen molar-refractivity contribution in [3.63, 3.8) is 0 Å². The second-order valence-electron chi connectivity index (χ2n) is 5.26. The summed E-state index contributed by atoms with van der Waals surface area (Å²) in [5.41, 5.74) is 2.82. The van der Waals surface area contributed by atoms with Crippen LogP contribution in [-0.4, -0.2) is 31.1 Å². The third kappa shape index (κ3) is 3.57. The second kappa shape index (κ2) is 7.00. The van der Waals surface area contributed by atoms with E-state index in [1.54, 1.807) is 36.0 Å². The summed E-state index contributed by atoms with van der Waals surface area (Å²) in [6.45, 7) is 5.44. The van der Waals surface area contributed by atoms with Gasteiger partial charge in [0.2, 0.25) is 5.91 Å². The Hall–Kier alpha value is -3.42. The molecule has 0 aliphatic heterocycles. The van der Waals surface area contributed by atoms with Gasteiger partial charge < -0.3 is 5.32 Å².